The smallest absolute Gasteiger partial charge is 0.339 e. The van der Waals surface area contributed by atoms with Crippen molar-refractivity contribution >= 4 is 39.4 Å². The van der Waals surface area contributed by atoms with Crippen LogP contribution in [0.3, 0.4) is 0 Å². The molecule has 1 unspecified atom stereocenters. The van der Waals surface area contributed by atoms with E-state index in [2.05, 4.69) is 0 Å². The fraction of sp³-hybridized carbons (Fsp3) is 0.0556. The van der Waals surface area contributed by atoms with Crippen molar-refractivity contribution in [2.45, 2.75) is 6.92 Å². The second kappa shape index (κ2) is 6.54. The van der Waals surface area contributed by atoms with Crippen molar-refractivity contribution in [3.05, 3.63) is 65.7 Å². The van der Waals surface area contributed by atoms with Crippen LogP contribution in [-0.2, 0) is 11.3 Å². The molecule has 0 aliphatic heterocycles. The van der Waals surface area contributed by atoms with Crippen molar-refractivity contribution in [3.8, 4) is 5.75 Å². The number of phenols is 1. The summed E-state index contributed by atoms with van der Waals surface area (Å²) in [4.78, 5) is 11.0. The molecule has 0 bridgehead atoms. The van der Waals surface area contributed by atoms with E-state index in [4.69, 9.17) is 5.11 Å². The Kier molecular flexibility index (Phi) is 4.43. The predicted molar refractivity (Wildman–Crippen MR) is 94.8 cm³/mol. The van der Waals surface area contributed by atoms with Gasteiger partial charge in [-0.3, -0.25) is 8.51 Å². The molecular weight excluding hydrogens is 342 g/mol. The lowest BCUT2D eigenvalue weighted by Gasteiger charge is -2.28. The summed E-state index contributed by atoms with van der Waals surface area (Å²) in [6.45, 7) is 1.93. The largest absolute Gasteiger partial charge is 0.755 e. The number of hydrogen-bond acceptors (Lipinski definition) is 4. The van der Waals surface area contributed by atoms with Crippen LogP contribution >= 0.6 is 0 Å². The molecule has 7 heteroatoms. The summed E-state index contributed by atoms with van der Waals surface area (Å²) in [7, 11) is 0. The van der Waals surface area contributed by atoms with Crippen molar-refractivity contribution < 1.29 is 23.8 Å². The van der Waals surface area contributed by atoms with Crippen molar-refractivity contribution in [1.82, 2.24) is 0 Å². The number of carboxylic acids is 1. The van der Waals surface area contributed by atoms with Crippen LogP contribution in [0, 0.1) is 6.92 Å². The molecular formula is C18H14NO5S-. The Bertz CT molecular complexity index is 1000. The summed E-state index contributed by atoms with van der Waals surface area (Å²) in [5.74, 6) is -1.79. The normalized spacial score (nSPS) is 12.1. The Hall–Kier alpha value is -2.90. The molecule has 0 aliphatic rings. The Labute approximate surface area is 146 Å². The third-order valence-corrected chi connectivity index (χ3v) is 4.64. The first-order chi connectivity index (χ1) is 11.9. The van der Waals surface area contributed by atoms with Gasteiger partial charge in [0, 0.05) is 11.5 Å². The first kappa shape index (κ1) is 16.9. The minimum absolute atomic E-state index is 0.143. The number of hydrogen-bond donors (Lipinski definition) is 2. The standard InChI is InChI=1S/C18H15NO5S/c1-11-6-9-16(14-5-3-2-4-13(11)14)19(25(23)24)12-7-8-15(18(21)22)17(20)10-12/h2-10,20H,1H3,(H,21,22)(H,23,24)/p-1. The molecule has 2 N–H and O–H groups in total. The van der Waals surface area contributed by atoms with Crippen LogP contribution in [0.25, 0.3) is 10.8 Å². The molecule has 0 radical (unpaired) electrons. The molecule has 0 amide bonds. The lowest BCUT2D eigenvalue weighted by molar-refractivity contribution is 0.0694. The zero-order chi connectivity index (χ0) is 18.1. The average molecular weight is 356 g/mol. The SMILES string of the molecule is Cc1ccc(N(c2ccc(C(=O)O)c(O)c2)S(=O)[O-])c2ccccc12. The molecule has 0 heterocycles. The van der Waals surface area contributed by atoms with Gasteiger partial charge in [0.1, 0.15) is 11.3 Å². The van der Waals surface area contributed by atoms with E-state index >= 15 is 0 Å². The van der Waals surface area contributed by atoms with Crippen LogP contribution < -0.4 is 4.31 Å². The fourth-order valence-corrected chi connectivity index (χ4v) is 3.35. The summed E-state index contributed by atoms with van der Waals surface area (Å²) >= 11 is -2.67. The second-order valence-electron chi connectivity index (χ2n) is 5.47. The Morgan fingerprint density at radius 2 is 1.76 bits per heavy atom. The van der Waals surface area contributed by atoms with E-state index in [9.17, 15) is 18.7 Å². The average Bonchev–Trinajstić information content (AvgIpc) is 2.57. The Balaban J connectivity index is 2.22. The van der Waals surface area contributed by atoms with Gasteiger partial charge in [-0.25, -0.2) is 4.79 Å². The molecule has 0 aliphatic carbocycles. The van der Waals surface area contributed by atoms with E-state index < -0.39 is 23.0 Å². The van der Waals surface area contributed by atoms with Crippen molar-refractivity contribution in [1.29, 1.82) is 0 Å². The van der Waals surface area contributed by atoms with E-state index in [0.717, 1.165) is 26.7 Å². The van der Waals surface area contributed by atoms with E-state index in [0.29, 0.717) is 5.69 Å². The number of aromatic carboxylic acids is 1. The van der Waals surface area contributed by atoms with Gasteiger partial charge < -0.3 is 14.8 Å². The van der Waals surface area contributed by atoms with Gasteiger partial charge in [0.25, 0.3) is 0 Å². The number of nitrogens with zero attached hydrogens (tertiary/aromatic N) is 1. The number of fused-ring (bicyclic) bond motifs is 1. The summed E-state index contributed by atoms with van der Waals surface area (Å²) in [6.07, 6.45) is 0. The molecule has 0 fully saturated rings. The van der Waals surface area contributed by atoms with Gasteiger partial charge in [0.15, 0.2) is 0 Å². The quantitative estimate of drug-likeness (QED) is 0.697. The van der Waals surface area contributed by atoms with Crippen LogP contribution in [-0.4, -0.2) is 24.9 Å². The topological polar surface area (TPSA) is 101 Å². The molecule has 1 atom stereocenters. The molecule has 3 rings (SSSR count). The number of aryl methyl sites for hydroxylation is 1. The Morgan fingerprint density at radius 3 is 2.36 bits per heavy atom. The number of carboxylic acid groups (broad SMARTS) is 1. The summed E-state index contributed by atoms with van der Waals surface area (Å²) in [6, 6.07) is 14.5. The molecule has 0 aromatic heterocycles. The molecule has 6 nitrogen and oxygen atoms in total. The van der Waals surface area contributed by atoms with Gasteiger partial charge in [-0.1, -0.05) is 30.3 Å². The van der Waals surface area contributed by atoms with Crippen molar-refractivity contribution in [2.24, 2.45) is 0 Å². The highest BCUT2D eigenvalue weighted by Crippen LogP contribution is 2.36. The van der Waals surface area contributed by atoms with Gasteiger partial charge in [-0.15, -0.1) is 0 Å². The van der Waals surface area contributed by atoms with Gasteiger partial charge in [-0.05, 0) is 36.1 Å². The second-order valence-corrected chi connectivity index (χ2v) is 6.26. The van der Waals surface area contributed by atoms with Crippen molar-refractivity contribution in [3.63, 3.8) is 0 Å². The van der Waals surface area contributed by atoms with Crippen molar-refractivity contribution in [2.75, 3.05) is 4.31 Å². The maximum absolute atomic E-state index is 11.9. The third-order valence-electron chi connectivity index (χ3n) is 3.93. The van der Waals surface area contributed by atoms with Gasteiger partial charge in [-0.2, -0.15) is 0 Å². The number of rotatable bonds is 4. The maximum Gasteiger partial charge on any atom is 0.339 e. The lowest BCUT2D eigenvalue weighted by Crippen LogP contribution is -2.20. The number of carbonyl (C=O) groups is 1. The third kappa shape index (κ3) is 3.07. The Morgan fingerprint density at radius 1 is 1.08 bits per heavy atom. The van der Waals surface area contributed by atoms with Crippen LogP contribution in [0.1, 0.15) is 15.9 Å². The molecule has 0 saturated heterocycles. The van der Waals surface area contributed by atoms with Crippen LogP contribution in [0.4, 0.5) is 11.4 Å². The lowest BCUT2D eigenvalue weighted by atomic mass is 10.0. The number of aromatic hydroxyl groups is 1. The van der Waals surface area contributed by atoms with E-state index in [-0.39, 0.29) is 11.3 Å². The predicted octanol–water partition coefficient (Wildman–Crippen LogP) is 3.48. The summed E-state index contributed by atoms with van der Waals surface area (Å²) < 4.78 is 24.8. The summed E-state index contributed by atoms with van der Waals surface area (Å²) in [5.41, 5.74) is 1.26. The first-order valence-electron chi connectivity index (χ1n) is 7.34. The minimum atomic E-state index is -2.67. The molecule has 25 heavy (non-hydrogen) atoms. The first-order valence-corrected chi connectivity index (χ1v) is 8.37. The number of benzene rings is 3. The van der Waals surface area contributed by atoms with Crippen LogP contribution in [0.2, 0.25) is 0 Å². The molecule has 0 saturated carbocycles. The molecule has 128 valence electrons. The van der Waals surface area contributed by atoms with Gasteiger partial charge in [0.2, 0.25) is 0 Å². The monoisotopic (exact) mass is 356 g/mol. The van der Waals surface area contributed by atoms with Crippen LogP contribution in [0.15, 0.2) is 54.6 Å². The zero-order valence-electron chi connectivity index (χ0n) is 13.2. The van der Waals surface area contributed by atoms with E-state index in [1.807, 2.05) is 37.3 Å². The minimum Gasteiger partial charge on any atom is -0.755 e. The van der Waals surface area contributed by atoms with Gasteiger partial charge >= 0.3 is 5.97 Å². The number of anilines is 2. The van der Waals surface area contributed by atoms with E-state index in [1.165, 1.54) is 12.1 Å². The molecule has 3 aromatic carbocycles. The molecule has 3 aromatic rings. The highest BCUT2D eigenvalue weighted by molar-refractivity contribution is 7.81. The van der Waals surface area contributed by atoms with Gasteiger partial charge in [0.05, 0.1) is 22.6 Å². The maximum atomic E-state index is 11.9. The summed E-state index contributed by atoms with van der Waals surface area (Å²) in [5, 5.41) is 20.5. The molecule has 0 spiro atoms. The fourth-order valence-electron chi connectivity index (χ4n) is 2.74. The van der Waals surface area contributed by atoms with Crippen LogP contribution in [0.5, 0.6) is 5.75 Å². The highest BCUT2D eigenvalue weighted by Gasteiger charge is 2.17. The highest BCUT2D eigenvalue weighted by atomic mass is 32.2. The van der Waals surface area contributed by atoms with E-state index in [1.54, 1.807) is 6.07 Å². The zero-order valence-corrected chi connectivity index (χ0v) is 14.0.